The van der Waals surface area contributed by atoms with Gasteiger partial charge in [0.1, 0.15) is 6.04 Å². The van der Waals surface area contributed by atoms with Crippen LogP contribution >= 0.6 is 0 Å². The number of benzene rings is 1. The Morgan fingerprint density at radius 2 is 1.84 bits per heavy atom. The van der Waals surface area contributed by atoms with Crippen LogP contribution in [-0.4, -0.2) is 40.2 Å². The Morgan fingerprint density at radius 1 is 1.19 bits per heavy atom. The van der Waals surface area contributed by atoms with Gasteiger partial charge in [0.05, 0.1) is 24.7 Å². The van der Waals surface area contributed by atoms with E-state index >= 15 is 0 Å². The minimum atomic E-state index is -0.511. The van der Waals surface area contributed by atoms with Crippen molar-refractivity contribution in [1.82, 2.24) is 9.58 Å². The zero-order valence-electron chi connectivity index (χ0n) is 17.8. The summed E-state index contributed by atoms with van der Waals surface area (Å²) in [5, 5.41) is 6.31. The van der Waals surface area contributed by atoms with Crippen molar-refractivity contribution < 1.29 is 19.1 Å². The Balaban J connectivity index is 1.51. The maximum absolute atomic E-state index is 12.9. The molecule has 1 aromatic heterocycles. The highest BCUT2D eigenvalue weighted by molar-refractivity contribution is 6.08. The van der Waals surface area contributed by atoms with Gasteiger partial charge >= 0.3 is 5.97 Å². The summed E-state index contributed by atoms with van der Waals surface area (Å²) in [6.45, 7) is 5.80. The van der Waals surface area contributed by atoms with E-state index in [0.717, 1.165) is 33.6 Å². The lowest BCUT2D eigenvalue weighted by atomic mass is 9.85. The molecule has 1 saturated carbocycles. The van der Waals surface area contributed by atoms with Gasteiger partial charge in [0.15, 0.2) is 0 Å². The first-order valence-corrected chi connectivity index (χ1v) is 10.8. The molecule has 2 aromatic rings. The number of hydrogen-bond donors (Lipinski definition) is 0. The molecule has 0 N–H and O–H groups in total. The molecule has 7 nitrogen and oxygen atoms in total. The van der Waals surface area contributed by atoms with Gasteiger partial charge in [0.2, 0.25) is 0 Å². The van der Waals surface area contributed by atoms with E-state index in [0.29, 0.717) is 6.61 Å². The van der Waals surface area contributed by atoms with Crippen LogP contribution in [0.2, 0.25) is 0 Å². The van der Waals surface area contributed by atoms with Crippen LogP contribution in [0.5, 0.6) is 0 Å². The number of fused-ring (bicyclic) bond motifs is 6. The third-order valence-electron chi connectivity index (χ3n) is 6.97. The number of carbonyl (C=O) groups excluding carboxylic acids is 3. The van der Waals surface area contributed by atoms with Crippen LogP contribution in [0, 0.1) is 30.6 Å². The van der Waals surface area contributed by atoms with Crippen molar-refractivity contribution in [1.29, 1.82) is 0 Å². The summed E-state index contributed by atoms with van der Waals surface area (Å²) < 4.78 is 7.13. The lowest BCUT2D eigenvalue weighted by Crippen LogP contribution is -2.28. The predicted octanol–water partition coefficient (Wildman–Crippen LogP) is 3.21. The van der Waals surface area contributed by atoms with E-state index in [2.05, 4.69) is 17.3 Å². The van der Waals surface area contributed by atoms with Crippen LogP contribution in [0.1, 0.15) is 37.6 Å². The molecule has 1 aliphatic heterocycles. The molecule has 2 aliphatic carbocycles. The second-order valence-electron chi connectivity index (χ2n) is 8.55. The van der Waals surface area contributed by atoms with Crippen molar-refractivity contribution in [2.75, 3.05) is 6.61 Å². The topological polar surface area (TPSA) is 81.0 Å². The highest BCUT2D eigenvalue weighted by atomic mass is 16.5. The summed E-state index contributed by atoms with van der Waals surface area (Å²) in [6, 6.07) is 7.20. The number of carbonyl (C=O) groups is 3. The molecule has 5 unspecified atom stereocenters. The van der Waals surface area contributed by atoms with Crippen LogP contribution in [0.4, 0.5) is 0 Å². The molecule has 1 saturated heterocycles. The van der Waals surface area contributed by atoms with Gasteiger partial charge in [-0.2, -0.15) is 10.1 Å². The van der Waals surface area contributed by atoms with Crippen molar-refractivity contribution in [3.8, 4) is 0 Å². The fourth-order valence-corrected chi connectivity index (χ4v) is 5.56. The molecule has 2 amide bonds. The fraction of sp³-hybridized carbons (Fsp3) is 0.417. The molecule has 1 aromatic carbocycles. The quantitative estimate of drug-likeness (QED) is 0.323. The maximum Gasteiger partial charge on any atom is 0.328 e. The first-order valence-electron chi connectivity index (χ1n) is 10.8. The highest BCUT2D eigenvalue weighted by Gasteiger charge is 2.59. The van der Waals surface area contributed by atoms with Gasteiger partial charge in [0, 0.05) is 22.2 Å². The smallest absolute Gasteiger partial charge is 0.328 e. The molecule has 31 heavy (non-hydrogen) atoms. The zero-order valence-corrected chi connectivity index (χ0v) is 17.8. The summed E-state index contributed by atoms with van der Waals surface area (Å²) in [5.74, 6) is -0.956. The molecule has 3 aliphatic rings. The molecular weight excluding hydrogens is 394 g/mol. The minimum absolute atomic E-state index is 0.153. The van der Waals surface area contributed by atoms with Gasteiger partial charge in [-0.05, 0) is 45.1 Å². The number of rotatable bonds is 5. The van der Waals surface area contributed by atoms with Gasteiger partial charge in [-0.15, -0.1) is 0 Å². The first kappa shape index (κ1) is 19.7. The average Bonchev–Trinajstić information content (AvgIpc) is 3.49. The summed E-state index contributed by atoms with van der Waals surface area (Å²) in [5.41, 5.74) is 2.48. The molecule has 2 bridgehead atoms. The van der Waals surface area contributed by atoms with Crippen molar-refractivity contribution in [3.63, 3.8) is 0 Å². The molecule has 0 spiro atoms. The minimum Gasteiger partial charge on any atom is -0.464 e. The number of aromatic nitrogens is 1. The van der Waals surface area contributed by atoms with Gasteiger partial charge in [-0.1, -0.05) is 30.4 Å². The highest BCUT2D eigenvalue weighted by Crippen LogP contribution is 2.52. The summed E-state index contributed by atoms with van der Waals surface area (Å²) in [4.78, 5) is 38.2. The van der Waals surface area contributed by atoms with Crippen molar-refractivity contribution in [3.05, 3.63) is 47.7 Å². The van der Waals surface area contributed by atoms with E-state index in [4.69, 9.17) is 4.74 Å². The Labute approximate surface area is 180 Å². The Bertz CT molecular complexity index is 1130. The predicted molar refractivity (Wildman–Crippen MR) is 115 cm³/mol. The number of nitrogens with zero attached hydrogens (tertiary/aromatic N) is 3. The van der Waals surface area contributed by atoms with E-state index in [1.807, 2.05) is 35.8 Å². The van der Waals surface area contributed by atoms with Gasteiger partial charge in [-0.25, -0.2) is 4.79 Å². The van der Waals surface area contributed by atoms with E-state index in [1.165, 1.54) is 0 Å². The molecule has 2 heterocycles. The molecule has 7 heteroatoms. The second kappa shape index (κ2) is 7.18. The van der Waals surface area contributed by atoms with E-state index in [1.54, 1.807) is 20.1 Å². The average molecular weight is 419 g/mol. The summed E-state index contributed by atoms with van der Waals surface area (Å²) in [6.07, 6.45) is 6.61. The van der Waals surface area contributed by atoms with Crippen LogP contribution in [0.15, 0.2) is 41.5 Å². The van der Waals surface area contributed by atoms with Gasteiger partial charge < -0.3 is 9.30 Å². The maximum atomic E-state index is 12.9. The van der Waals surface area contributed by atoms with Crippen molar-refractivity contribution >= 4 is 34.9 Å². The van der Waals surface area contributed by atoms with E-state index in [-0.39, 0.29) is 41.5 Å². The number of allylic oxidation sites excluding steroid dienone is 2. The lowest BCUT2D eigenvalue weighted by Gasteiger charge is -2.16. The fourth-order valence-electron chi connectivity index (χ4n) is 5.56. The van der Waals surface area contributed by atoms with Crippen LogP contribution in [-0.2, 0) is 19.1 Å². The molecule has 2 fully saturated rings. The third-order valence-corrected chi connectivity index (χ3v) is 6.97. The molecule has 160 valence electrons. The van der Waals surface area contributed by atoms with E-state index < -0.39 is 6.04 Å². The molecule has 5 atom stereocenters. The molecule has 5 rings (SSSR count). The summed E-state index contributed by atoms with van der Waals surface area (Å²) in [7, 11) is 0. The van der Waals surface area contributed by atoms with Crippen molar-refractivity contribution in [2.24, 2.45) is 28.8 Å². The van der Waals surface area contributed by atoms with Gasteiger partial charge in [-0.3, -0.25) is 9.59 Å². The number of ether oxygens (including phenoxy) is 1. The molecular formula is C24H25N3O4. The normalized spacial score (nSPS) is 27.6. The number of hydrazone groups is 1. The lowest BCUT2D eigenvalue weighted by molar-refractivity contribution is -0.146. The number of amides is 2. The SMILES string of the molecule is CCOC(=O)C(C)n1c(C)c(C=NN2C(=O)C3C4C=CC(C4)C3C2=O)c2ccccc21. The largest absolute Gasteiger partial charge is 0.464 e. The Hall–Kier alpha value is -3.22. The summed E-state index contributed by atoms with van der Waals surface area (Å²) >= 11 is 0. The van der Waals surface area contributed by atoms with Crippen LogP contribution in [0.3, 0.4) is 0 Å². The van der Waals surface area contributed by atoms with Crippen LogP contribution < -0.4 is 0 Å². The van der Waals surface area contributed by atoms with Gasteiger partial charge in [0.25, 0.3) is 11.8 Å². The second-order valence-corrected chi connectivity index (χ2v) is 8.55. The van der Waals surface area contributed by atoms with E-state index in [9.17, 15) is 14.4 Å². The first-order chi connectivity index (χ1) is 14.9. The van der Waals surface area contributed by atoms with Crippen molar-refractivity contribution in [2.45, 2.75) is 33.2 Å². The monoisotopic (exact) mass is 419 g/mol. The Kier molecular flexibility index (Phi) is 4.57. The number of para-hydroxylation sites is 1. The van der Waals surface area contributed by atoms with Crippen LogP contribution in [0.25, 0.3) is 10.9 Å². The zero-order chi connectivity index (χ0) is 21.9. The number of esters is 1. The number of hydrogen-bond acceptors (Lipinski definition) is 5. The molecule has 0 radical (unpaired) electrons. The Morgan fingerprint density at radius 3 is 2.48 bits per heavy atom. The third kappa shape index (κ3) is 2.79. The standard InChI is InChI=1S/C24H25N3O4/c1-4-31-24(30)14(3)26-13(2)18(17-7-5-6-8-19(17)26)12-25-27-22(28)20-15-9-10-16(11-15)21(20)23(27)29/h5-10,12,14-16,20-21H,4,11H2,1-3H3. The number of imide groups is 1.